The minimum absolute atomic E-state index is 0.157. The maximum atomic E-state index is 12.0. The number of rotatable bonds is 4. The third kappa shape index (κ3) is 3.18. The lowest BCUT2D eigenvalue weighted by molar-refractivity contribution is -0.123. The van der Waals surface area contributed by atoms with E-state index < -0.39 is 5.54 Å². The van der Waals surface area contributed by atoms with Crippen LogP contribution in [0, 0.1) is 13.8 Å². The molecule has 0 aliphatic rings. The fourth-order valence-corrected chi connectivity index (χ4v) is 1.70. The number of nitrogens with one attached hydrogen (secondary N) is 1. The predicted molar refractivity (Wildman–Crippen MR) is 67.2 cm³/mol. The highest BCUT2D eigenvalue weighted by Crippen LogP contribution is 2.16. The van der Waals surface area contributed by atoms with Gasteiger partial charge in [-0.25, -0.2) is 0 Å². The number of hydrogen-bond donors (Lipinski definition) is 1. The highest BCUT2D eigenvalue weighted by atomic mass is 16.5. The quantitative estimate of drug-likeness (QED) is 0.887. The van der Waals surface area contributed by atoms with Crippen molar-refractivity contribution in [3.8, 4) is 0 Å². The van der Waals surface area contributed by atoms with Gasteiger partial charge >= 0.3 is 0 Å². The molecule has 2 aromatic heterocycles. The Kier molecular flexibility index (Phi) is 3.37. The van der Waals surface area contributed by atoms with E-state index >= 15 is 0 Å². The molecule has 2 aromatic rings. The fraction of sp³-hybridized carbons (Fsp3) is 0.500. The van der Waals surface area contributed by atoms with Crippen molar-refractivity contribution in [3.63, 3.8) is 0 Å². The minimum atomic E-state index is -0.683. The molecule has 7 nitrogen and oxygen atoms in total. The van der Waals surface area contributed by atoms with Gasteiger partial charge in [-0.05, 0) is 26.3 Å². The monoisotopic (exact) mass is 263 g/mol. The van der Waals surface area contributed by atoms with Gasteiger partial charge in [0.2, 0.25) is 11.8 Å². The summed E-state index contributed by atoms with van der Waals surface area (Å²) in [7, 11) is 0. The van der Waals surface area contributed by atoms with Crippen molar-refractivity contribution in [2.45, 2.75) is 39.8 Å². The maximum absolute atomic E-state index is 12.0. The second-order valence-electron chi connectivity index (χ2n) is 5.03. The molecule has 0 saturated carbocycles. The van der Waals surface area contributed by atoms with Crippen molar-refractivity contribution in [1.82, 2.24) is 25.2 Å². The Balaban J connectivity index is 2.01. The van der Waals surface area contributed by atoms with Crippen LogP contribution in [-0.2, 0) is 16.9 Å². The zero-order chi connectivity index (χ0) is 14.0. The van der Waals surface area contributed by atoms with Crippen LogP contribution < -0.4 is 5.32 Å². The maximum Gasteiger partial charge on any atom is 0.242 e. The van der Waals surface area contributed by atoms with E-state index in [1.165, 1.54) is 0 Å². The summed E-state index contributed by atoms with van der Waals surface area (Å²) in [5.41, 5.74) is 0.331. The summed E-state index contributed by atoms with van der Waals surface area (Å²) in [4.78, 5) is 16.1. The first-order chi connectivity index (χ1) is 8.87. The molecule has 1 amide bonds. The van der Waals surface area contributed by atoms with Crippen LogP contribution in [-0.4, -0.2) is 25.8 Å². The lowest BCUT2D eigenvalue weighted by Gasteiger charge is -2.22. The van der Waals surface area contributed by atoms with Crippen molar-refractivity contribution in [1.29, 1.82) is 0 Å². The third-order valence-electron chi connectivity index (χ3n) is 2.61. The van der Waals surface area contributed by atoms with E-state index in [9.17, 15) is 4.79 Å². The molecule has 0 aromatic carbocycles. The standard InChI is InChI=1S/C12H17N5O2/c1-8-5-13-17(6-8)7-10(18)15-12(3,4)11-14-9(2)19-16-11/h5-6H,7H2,1-4H3,(H,15,18). The lowest BCUT2D eigenvalue weighted by Crippen LogP contribution is -2.43. The van der Waals surface area contributed by atoms with Crippen molar-refractivity contribution < 1.29 is 9.32 Å². The summed E-state index contributed by atoms with van der Waals surface area (Å²) in [6, 6.07) is 0. The van der Waals surface area contributed by atoms with Crippen LogP contribution in [0.15, 0.2) is 16.9 Å². The molecule has 0 atom stereocenters. The first-order valence-corrected chi connectivity index (χ1v) is 5.98. The van der Waals surface area contributed by atoms with E-state index in [4.69, 9.17) is 4.52 Å². The molecule has 1 N–H and O–H groups in total. The van der Waals surface area contributed by atoms with E-state index in [1.54, 1.807) is 17.8 Å². The molecular weight excluding hydrogens is 246 g/mol. The molecule has 7 heteroatoms. The van der Waals surface area contributed by atoms with E-state index in [2.05, 4.69) is 20.6 Å². The van der Waals surface area contributed by atoms with Gasteiger partial charge in [0, 0.05) is 13.1 Å². The summed E-state index contributed by atoms with van der Waals surface area (Å²) in [5, 5.41) is 10.8. The number of aromatic nitrogens is 4. The number of nitrogens with zero attached hydrogens (tertiary/aromatic N) is 4. The molecule has 0 aliphatic carbocycles. The second-order valence-corrected chi connectivity index (χ2v) is 5.03. The van der Waals surface area contributed by atoms with Crippen molar-refractivity contribution in [2.24, 2.45) is 0 Å². The first kappa shape index (κ1) is 13.3. The van der Waals surface area contributed by atoms with Gasteiger partial charge in [0.1, 0.15) is 6.54 Å². The van der Waals surface area contributed by atoms with Crippen LogP contribution in [0.3, 0.4) is 0 Å². The van der Waals surface area contributed by atoms with Gasteiger partial charge in [-0.15, -0.1) is 0 Å². The van der Waals surface area contributed by atoms with Crippen molar-refractivity contribution >= 4 is 5.91 Å². The Bertz CT molecular complexity index is 584. The third-order valence-corrected chi connectivity index (χ3v) is 2.61. The van der Waals surface area contributed by atoms with E-state index in [1.807, 2.05) is 27.0 Å². The van der Waals surface area contributed by atoms with E-state index in [0.717, 1.165) is 5.56 Å². The Morgan fingerprint density at radius 1 is 1.47 bits per heavy atom. The van der Waals surface area contributed by atoms with Gasteiger partial charge in [0.15, 0.2) is 5.82 Å². The zero-order valence-electron chi connectivity index (χ0n) is 11.5. The van der Waals surface area contributed by atoms with Gasteiger partial charge in [-0.3, -0.25) is 9.48 Å². The Labute approximate surface area is 111 Å². The topological polar surface area (TPSA) is 85.8 Å². The van der Waals surface area contributed by atoms with E-state index in [-0.39, 0.29) is 12.5 Å². The number of hydrogen-bond acceptors (Lipinski definition) is 5. The predicted octanol–water partition coefficient (Wildman–Crippen LogP) is 0.934. The molecule has 2 rings (SSSR count). The van der Waals surface area contributed by atoms with Gasteiger partial charge in [0.25, 0.3) is 0 Å². The Hall–Kier alpha value is -2.18. The Morgan fingerprint density at radius 3 is 2.74 bits per heavy atom. The molecule has 0 radical (unpaired) electrons. The lowest BCUT2D eigenvalue weighted by atomic mass is 10.1. The highest BCUT2D eigenvalue weighted by Gasteiger charge is 2.28. The first-order valence-electron chi connectivity index (χ1n) is 5.98. The molecule has 0 aliphatic heterocycles. The van der Waals surface area contributed by atoms with Gasteiger partial charge in [-0.1, -0.05) is 5.16 Å². The van der Waals surface area contributed by atoms with Gasteiger partial charge in [-0.2, -0.15) is 10.1 Å². The number of aryl methyl sites for hydroxylation is 2. The molecule has 0 spiro atoms. The molecule has 0 bridgehead atoms. The summed E-state index contributed by atoms with van der Waals surface area (Å²) in [6.07, 6.45) is 3.52. The van der Waals surface area contributed by atoms with Crippen molar-refractivity contribution in [2.75, 3.05) is 0 Å². The van der Waals surface area contributed by atoms with Crippen LogP contribution >= 0.6 is 0 Å². The summed E-state index contributed by atoms with van der Waals surface area (Å²) in [5.74, 6) is 0.769. The molecule has 0 fully saturated rings. The highest BCUT2D eigenvalue weighted by molar-refractivity contribution is 5.76. The largest absolute Gasteiger partial charge is 0.342 e. The molecule has 0 saturated heterocycles. The smallest absolute Gasteiger partial charge is 0.242 e. The van der Waals surface area contributed by atoms with Crippen LogP contribution in [0.1, 0.15) is 31.1 Å². The molecule has 19 heavy (non-hydrogen) atoms. The Morgan fingerprint density at radius 2 is 2.21 bits per heavy atom. The average Bonchev–Trinajstić information content (AvgIpc) is 2.87. The van der Waals surface area contributed by atoms with Crippen LogP contribution in [0.5, 0.6) is 0 Å². The average molecular weight is 263 g/mol. The summed E-state index contributed by atoms with van der Waals surface area (Å²) in [6.45, 7) is 7.44. The fourth-order valence-electron chi connectivity index (χ4n) is 1.70. The zero-order valence-corrected chi connectivity index (χ0v) is 11.5. The number of carbonyl (C=O) groups is 1. The SMILES string of the molecule is Cc1cnn(CC(=O)NC(C)(C)c2noc(C)n2)c1. The number of carbonyl (C=O) groups excluding carboxylic acids is 1. The van der Waals surface area contributed by atoms with Crippen LogP contribution in [0.25, 0.3) is 0 Å². The van der Waals surface area contributed by atoms with Crippen molar-refractivity contribution in [3.05, 3.63) is 29.7 Å². The van der Waals surface area contributed by atoms with Crippen LogP contribution in [0.2, 0.25) is 0 Å². The van der Waals surface area contributed by atoms with Gasteiger partial charge in [0.05, 0.1) is 11.7 Å². The molecule has 0 unspecified atom stereocenters. The minimum Gasteiger partial charge on any atom is -0.342 e. The van der Waals surface area contributed by atoms with Crippen LogP contribution in [0.4, 0.5) is 0 Å². The second kappa shape index (κ2) is 4.83. The van der Waals surface area contributed by atoms with Gasteiger partial charge < -0.3 is 9.84 Å². The van der Waals surface area contributed by atoms with E-state index in [0.29, 0.717) is 11.7 Å². The normalized spacial score (nSPS) is 11.6. The summed E-state index contributed by atoms with van der Waals surface area (Å²) < 4.78 is 6.51. The summed E-state index contributed by atoms with van der Waals surface area (Å²) >= 11 is 0. The molecule has 2 heterocycles. The molecular formula is C12H17N5O2. The number of amides is 1. The molecule has 102 valence electrons.